The maximum atomic E-state index is 12.8. The largest absolute Gasteiger partial charge is 0.481 e. The van der Waals surface area contributed by atoms with Crippen molar-refractivity contribution in [2.45, 2.75) is 70.0 Å². The van der Waals surface area contributed by atoms with Crippen LogP contribution in [0.5, 0.6) is 0 Å². The Balaban J connectivity index is 1.71. The summed E-state index contributed by atoms with van der Waals surface area (Å²) in [5, 5.41) is 11.9. The minimum Gasteiger partial charge on any atom is -0.481 e. The average Bonchev–Trinajstić information content (AvgIpc) is 3.06. The van der Waals surface area contributed by atoms with E-state index in [-0.39, 0.29) is 37.2 Å². The molecule has 1 aromatic rings. The van der Waals surface area contributed by atoms with E-state index < -0.39 is 12.0 Å². The second-order valence-corrected chi connectivity index (χ2v) is 6.81. The molecule has 25 heavy (non-hydrogen) atoms. The Labute approximate surface area is 146 Å². The number of hydrogen-bond donors (Lipinski definition) is 3. The van der Waals surface area contributed by atoms with Crippen molar-refractivity contribution in [3.63, 3.8) is 0 Å². The summed E-state index contributed by atoms with van der Waals surface area (Å²) in [5.41, 5.74) is 1.61. The van der Waals surface area contributed by atoms with Crippen molar-refractivity contribution in [1.29, 1.82) is 0 Å². The number of carbonyl (C=O) groups is 3. The number of amides is 2. The zero-order valence-electron chi connectivity index (χ0n) is 14.2. The van der Waals surface area contributed by atoms with Crippen molar-refractivity contribution in [3.05, 3.63) is 17.7 Å². The van der Waals surface area contributed by atoms with Crippen LogP contribution in [0.1, 0.15) is 56.3 Å². The van der Waals surface area contributed by atoms with Gasteiger partial charge in [-0.3, -0.25) is 14.4 Å². The zero-order chi connectivity index (χ0) is 17.8. The van der Waals surface area contributed by atoms with Gasteiger partial charge in [0.15, 0.2) is 0 Å². The number of hydrogen-bond acceptors (Lipinski definition) is 4. The number of aromatic nitrogens is 2. The van der Waals surface area contributed by atoms with Gasteiger partial charge >= 0.3 is 5.97 Å². The molecule has 1 aromatic heterocycles. The van der Waals surface area contributed by atoms with Crippen molar-refractivity contribution in [2.75, 3.05) is 0 Å². The molecule has 1 aliphatic carbocycles. The number of carboxylic acid groups (broad SMARTS) is 1. The molecule has 1 fully saturated rings. The Morgan fingerprint density at radius 2 is 2.00 bits per heavy atom. The second-order valence-electron chi connectivity index (χ2n) is 6.81. The minimum atomic E-state index is -1.02. The van der Waals surface area contributed by atoms with Crippen LogP contribution < -0.4 is 5.32 Å². The number of carbonyl (C=O) groups excluding carboxylic acids is 2. The van der Waals surface area contributed by atoms with Crippen LogP contribution in [0.2, 0.25) is 0 Å². The number of H-pyrrole nitrogens is 1. The van der Waals surface area contributed by atoms with Gasteiger partial charge in [-0.25, -0.2) is 4.98 Å². The first-order chi connectivity index (χ1) is 12.0. The lowest BCUT2D eigenvalue weighted by molar-refractivity contribution is -0.145. The standard InChI is InChI=1S/C17H24N4O4/c22-15(6-7-16(23)24)21-9-13-12(18-10-19-13)8-14(21)17(25)20-11-4-2-1-3-5-11/h10-11,14H,1-9H2,(H,18,19)(H,20,25)(H,23,24)/t14-/m0/s1. The van der Waals surface area contributed by atoms with Crippen LogP contribution >= 0.6 is 0 Å². The van der Waals surface area contributed by atoms with Crippen molar-refractivity contribution < 1.29 is 19.5 Å². The number of nitrogens with zero attached hydrogens (tertiary/aromatic N) is 2. The minimum absolute atomic E-state index is 0.105. The first kappa shape index (κ1) is 17.4. The van der Waals surface area contributed by atoms with E-state index >= 15 is 0 Å². The third-order valence-corrected chi connectivity index (χ3v) is 5.03. The van der Waals surface area contributed by atoms with Crippen LogP contribution in [0.4, 0.5) is 0 Å². The van der Waals surface area contributed by atoms with E-state index in [1.807, 2.05) is 0 Å². The summed E-state index contributed by atoms with van der Waals surface area (Å²) in [7, 11) is 0. The highest BCUT2D eigenvalue weighted by Crippen LogP contribution is 2.23. The fourth-order valence-electron chi connectivity index (χ4n) is 3.63. The van der Waals surface area contributed by atoms with Crippen LogP contribution in [0, 0.1) is 0 Å². The van der Waals surface area contributed by atoms with Gasteiger partial charge in [0.1, 0.15) is 6.04 Å². The molecule has 8 nitrogen and oxygen atoms in total. The lowest BCUT2D eigenvalue weighted by Gasteiger charge is -2.35. The third kappa shape index (κ3) is 4.18. The van der Waals surface area contributed by atoms with Crippen molar-refractivity contribution >= 4 is 17.8 Å². The summed E-state index contributed by atoms with van der Waals surface area (Å²) < 4.78 is 0. The molecule has 3 rings (SSSR count). The Morgan fingerprint density at radius 1 is 1.24 bits per heavy atom. The molecule has 3 N–H and O–H groups in total. The summed E-state index contributed by atoms with van der Waals surface area (Å²) in [6.07, 6.45) is 6.95. The van der Waals surface area contributed by atoms with E-state index in [4.69, 9.17) is 5.11 Å². The summed E-state index contributed by atoms with van der Waals surface area (Å²) in [6.45, 7) is 0.260. The first-order valence-corrected chi connectivity index (χ1v) is 8.87. The molecule has 136 valence electrons. The molecule has 0 unspecified atom stereocenters. The fraction of sp³-hybridized carbons (Fsp3) is 0.647. The molecule has 2 heterocycles. The fourth-order valence-corrected chi connectivity index (χ4v) is 3.63. The summed E-state index contributed by atoms with van der Waals surface area (Å²) in [4.78, 5) is 44.8. The molecular weight excluding hydrogens is 324 g/mol. The van der Waals surface area contributed by atoms with E-state index in [2.05, 4.69) is 15.3 Å². The molecular formula is C17H24N4O4. The number of imidazole rings is 1. The van der Waals surface area contributed by atoms with Gasteiger partial charge in [0.05, 0.1) is 30.7 Å². The molecule has 1 saturated carbocycles. The highest BCUT2D eigenvalue weighted by molar-refractivity contribution is 5.89. The first-order valence-electron chi connectivity index (χ1n) is 8.87. The van der Waals surface area contributed by atoms with E-state index in [0.717, 1.165) is 37.1 Å². The van der Waals surface area contributed by atoms with Crippen molar-refractivity contribution in [1.82, 2.24) is 20.2 Å². The number of rotatable bonds is 5. The summed E-state index contributed by atoms with van der Waals surface area (Å²) in [5.74, 6) is -1.49. The van der Waals surface area contributed by atoms with Gasteiger partial charge in [0.25, 0.3) is 0 Å². The van der Waals surface area contributed by atoms with E-state index in [0.29, 0.717) is 6.42 Å². The Bertz CT molecular complexity index is 651. The van der Waals surface area contributed by atoms with Gasteiger partial charge in [0.2, 0.25) is 11.8 Å². The van der Waals surface area contributed by atoms with Crippen LogP contribution in [-0.2, 0) is 27.3 Å². The predicted octanol–water partition coefficient (Wildman–Crippen LogP) is 0.977. The summed E-state index contributed by atoms with van der Waals surface area (Å²) >= 11 is 0. The SMILES string of the molecule is O=C(O)CCC(=O)N1Cc2[nH]cnc2C[C@H]1C(=O)NC1CCCCC1. The molecule has 0 spiro atoms. The Morgan fingerprint density at radius 3 is 2.72 bits per heavy atom. The molecule has 1 aliphatic heterocycles. The van der Waals surface area contributed by atoms with E-state index in [9.17, 15) is 14.4 Å². The van der Waals surface area contributed by atoms with Crippen LogP contribution in [0.25, 0.3) is 0 Å². The molecule has 2 amide bonds. The molecule has 0 saturated heterocycles. The van der Waals surface area contributed by atoms with Gasteiger partial charge in [-0.1, -0.05) is 19.3 Å². The smallest absolute Gasteiger partial charge is 0.303 e. The van der Waals surface area contributed by atoms with E-state index in [1.54, 1.807) is 6.33 Å². The topological polar surface area (TPSA) is 115 Å². The normalized spacial score (nSPS) is 20.8. The van der Waals surface area contributed by atoms with Crippen molar-refractivity contribution in [3.8, 4) is 0 Å². The third-order valence-electron chi connectivity index (χ3n) is 5.03. The number of carboxylic acids is 1. The number of fused-ring (bicyclic) bond motifs is 1. The van der Waals surface area contributed by atoms with E-state index in [1.165, 1.54) is 11.3 Å². The average molecular weight is 348 g/mol. The number of nitrogens with one attached hydrogen (secondary N) is 2. The van der Waals surface area contributed by atoms with Crippen LogP contribution in [0.3, 0.4) is 0 Å². The van der Waals surface area contributed by atoms with Gasteiger partial charge in [-0.15, -0.1) is 0 Å². The maximum Gasteiger partial charge on any atom is 0.303 e. The molecule has 2 aliphatic rings. The maximum absolute atomic E-state index is 12.8. The van der Waals surface area contributed by atoms with Gasteiger partial charge in [-0.2, -0.15) is 0 Å². The molecule has 0 bridgehead atoms. The second kappa shape index (κ2) is 7.67. The summed E-state index contributed by atoms with van der Waals surface area (Å²) in [6, 6.07) is -0.461. The Kier molecular flexibility index (Phi) is 5.35. The van der Waals surface area contributed by atoms with Crippen LogP contribution in [-0.4, -0.2) is 49.8 Å². The highest BCUT2D eigenvalue weighted by atomic mass is 16.4. The highest BCUT2D eigenvalue weighted by Gasteiger charge is 2.36. The number of aromatic amines is 1. The lowest BCUT2D eigenvalue weighted by Crippen LogP contribution is -2.54. The Hall–Kier alpha value is -2.38. The molecule has 0 aromatic carbocycles. The molecule has 0 radical (unpaired) electrons. The molecule has 8 heteroatoms. The van der Waals surface area contributed by atoms with Crippen molar-refractivity contribution in [2.24, 2.45) is 0 Å². The quantitative estimate of drug-likeness (QED) is 0.733. The molecule has 1 atom stereocenters. The predicted molar refractivity (Wildman–Crippen MR) is 88.5 cm³/mol. The monoisotopic (exact) mass is 348 g/mol. The van der Waals surface area contributed by atoms with Gasteiger partial charge in [0, 0.05) is 18.9 Å². The number of aliphatic carboxylic acids is 1. The lowest BCUT2D eigenvalue weighted by atomic mass is 9.94. The zero-order valence-corrected chi connectivity index (χ0v) is 14.2. The van der Waals surface area contributed by atoms with Gasteiger partial charge < -0.3 is 20.3 Å². The van der Waals surface area contributed by atoms with Crippen LogP contribution in [0.15, 0.2) is 6.33 Å². The van der Waals surface area contributed by atoms with Gasteiger partial charge in [-0.05, 0) is 12.8 Å².